The minimum atomic E-state index is -0.519. The van der Waals surface area contributed by atoms with Crippen LogP contribution in [-0.2, 0) is 11.2 Å². The number of urea groups is 1. The van der Waals surface area contributed by atoms with E-state index in [1.54, 1.807) is 0 Å². The Morgan fingerprint density at radius 1 is 1.07 bits per heavy atom. The first-order chi connectivity index (χ1) is 14.1. The Kier molecular flexibility index (Phi) is 7.26. The summed E-state index contributed by atoms with van der Waals surface area (Å²) in [5, 5.41) is 14.6. The van der Waals surface area contributed by atoms with E-state index in [1.807, 2.05) is 59.2 Å². The molecule has 150 valence electrons. The number of halogens is 1. The first kappa shape index (κ1) is 20.9. The lowest BCUT2D eigenvalue weighted by Crippen LogP contribution is -2.37. The highest BCUT2D eigenvalue weighted by Crippen LogP contribution is 2.25. The van der Waals surface area contributed by atoms with Crippen molar-refractivity contribution in [3.63, 3.8) is 0 Å². The minimum Gasteiger partial charge on any atom is -0.341 e. The van der Waals surface area contributed by atoms with Crippen LogP contribution in [0.3, 0.4) is 0 Å². The van der Waals surface area contributed by atoms with Gasteiger partial charge in [0.2, 0.25) is 5.91 Å². The van der Waals surface area contributed by atoms with Gasteiger partial charge in [-0.2, -0.15) is 0 Å². The molecule has 1 aromatic heterocycles. The van der Waals surface area contributed by atoms with Crippen LogP contribution in [0.25, 0.3) is 5.69 Å². The minimum absolute atomic E-state index is 0.180. The summed E-state index contributed by atoms with van der Waals surface area (Å²) in [6.45, 7) is 0. The predicted octanol–water partition coefficient (Wildman–Crippen LogP) is 3.45. The summed E-state index contributed by atoms with van der Waals surface area (Å²) in [7, 11) is 1.46. The summed E-state index contributed by atoms with van der Waals surface area (Å²) in [6, 6.07) is 16.9. The lowest BCUT2D eigenvalue weighted by Gasteiger charge is -2.10. The molecule has 0 bridgehead atoms. The second kappa shape index (κ2) is 10.1. The van der Waals surface area contributed by atoms with E-state index in [9.17, 15) is 9.59 Å². The number of nitrogens with one attached hydrogen (secondary N) is 2. The van der Waals surface area contributed by atoms with Gasteiger partial charge in [0.15, 0.2) is 5.16 Å². The van der Waals surface area contributed by atoms with Crippen molar-refractivity contribution in [3.8, 4) is 5.69 Å². The maximum atomic E-state index is 11.8. The van der Waals surface area contributed by atoms with E-state index < -0.39 is 6.03 Å². The predicted molar refractivity (Wildman–Crippen MR) is 114 cm³/mol. The van der Waals surface area contributed by atoms with Gasteiger partial charge in [-0.05, 0) is 29.8 Å². The Morgan fingerprint density at radius 3 is 2.48 bits per heavy atom. The fourth-order valence-electron chi connectivity index (χ4n) is 2.62. The maximum absolute atomic E-state index is 11.8. The van der Waals surface area contributed by atoms with Gasteiger partial charge in [-0.15, -0.1) is 10.2 Å². The van der Waals surface area contributed by atoms with Gasteiger partial charge in [0, 0.05) is 36.4 Å². The molecule has 3 amide bonds. The van der Waals surface area contributed by atoms with Crippen molar-refractivity contribution >= 4 is 35.3 Å². The molecule has 0 saturated heterocycles. The van der Waals surface area contributed by atoms with Gasteiger partial charge in [0.1, 0.15) is 5.82 Å². The summed E-state index contributed by atoms with van der Waals surface area (Å²) < 4.78 is 1.96. The van der Waals surface area contributed by atoms with E-state index in [-0.39, 0.29) is 12.3 Å². The molecule has 0 fully saturated rings. The van der Waals surface area contributed by atoms with Gasteiger partial charge in [-0.1, -0.05) is 53.7 Å². The van der Waals surface area contributed by atoms with E-state index in [1.165, 1.54) is 18.8 Å². The molecule has 2 N–H and O–H groups in total. The van der Waals surface area contributed by atoms with E-state index in [0.717, 1.165) is 17.1 Å². The fourth-order valence-corrected chi connectivity index (χ4v) is 3.66. The van der Waals surface area contributed by atoms with Crippen LogP contribution in [-0.4, -0.2) is 39.5 Å². The fraction of sp³-hybridized carbons (Fsp3) is 0.200. The van der Waals surface area contributed by atoms with E-state index in [0.29, 0.717) is 22.4 Å². The highest BCUT2D eigenvalue weighted by molar-refractivity contribution is 7.99. The quantitative estimate of drug-likeness (QED) is 0.561. The van der Waals surface area contributed by atoms with Gasteiger partial charge in [0.05, 0.1) is 0 Å². The zero-order valence-electron chi connectivity index (χ0n) is 15.8. The number of imide groups is 1. The Morgan fingerprint density at radius 2 is 1.79 bits per heavy atom. The number of hydrogen-bond donors (Lipinski definition) is 2. The molecular formula is C20H20ClN5O2S. The van der Waals surface area contributed by atoms with Crippen LogP contribution in [0, 0.1) is 0 Å². The lowest BCUT2D eigenvalue weighted by atomic mass is 10.1. The number of aromatic nitrogens is 3. The molecule has 2 aromatic carbocycles. The number of amides is 3. The molecule has 0 saturated carbocycles. The second-order valence-corrected chi connectivity index (χ2v) is 7.60. The molecule has 0 spiro atoms. The number of thioether (sulfide) groups is 1. The summed E-state index contributed by atoms with van der Waals surface area (Å²) in [5.41, 5.74) is 2.01. The van der Waals surface area contributed by atoms with Crippen LogP contribution < -0.4 is 10.6 Å². The van der Waals surface area contributed by atoms with Crippen molar-refractivity contribution in [2.45, 2.75) is 18.0 Å². The maximum Gasteiger partial charge on any atom is 0.321 e. The largest absolute Gasteiger partial charge is 0.341 e. The average Bonchev–Trinajstić information content (AvgIpc) is 3.11. The standard InChI is InChI=1S/C20H20ClN5O2S/c1-22-19(28)23-18(27)11-12-29-20-25-24-17(13-14-5-3-2-4-6-14)26(20)16-9-7-15(21)8-10-16/h2-10H,11-13H2,1H3,(H2,22,23,27,28). The first-order valence-corrected chi connectivity index (χ1v) is 10.3. The highest BCUT2D eigenvalue weighted by Gasteiger charge is 2.16. The zero-order chi connectivity index (χ0) is 20.6. The van der Waals surface area contributed by atoms with Crippen LogP contribution in [0.4, 0.5) is 4.79 Å². The second-order valence-electron chi connectivity index (χ2n) is 6.10. The van der Waals surface area contributed by atoms with Crippen molar-refractivity contribution in [1.82, 2.24) is 25.4 Å². The van der Waals surface area contributed by atoms with Gasteiger partial charge < -0.3 is 5.32 Å². The van der Waals surface area contributed by atoms with Gasteiger partial charge in [0.25, 0.3) is 0 Å². The molecule has 0 aliphatic heterocycles. The Hall–Kier alpha value is -2.84. The third-order valence-corrected chi connectivity index (χ3v) is 5.21. The van der Waals surface area contributed by atoms with Gasteiger partial charge in [-0.3, -0.25) is 14.7 Å². The zero-order valence-corrected chi connectivity index (χ0v) is 17.3. The van der Waals surface area contributed by atoms with Crippen LogP contribution >= 0.6 is 23.4 Å². The van der Waals surface area contributed by atoms with Crippen LogP contribution in [0.1, 0.15) is 17.8 Å². The molecule has 0 radical (unpaired) electrons. The van der Waals surface area contributed by atoms with Crippen molar-refractivity contribution < 1.29 is 9.59 Å². The van der Waals surface area contributed by atoms with Crippen molar-refractivity contribution in [1.29, 1.82) is 0 Å². The third-order valence-electron chi connectivity index (χ3n) is 4.03. The Labute approximate surface area is 177 Å². The topological polar surface area (TPSA) is 88.9 Å². The molecule has 1 heterocycles. The highest BCUT2D eigenvalue weighted by atomic mass is 35.5. The van der Waals surface area contributed by atoms with Gasteiger partial charge in [-0.25, -0.2) is 4.79 Å². The first-order valence-electron chi connectivity index (χ1n) is 8.95. The summed E-state index contributed by atoms with van der Waals surface area (Å²) >= 11 is 7.44. The number of carbonyl (C=O) groups excluding carboxylic acids is 2. The smallest absolute Gasteiger partial charge is 0.321 e. The Bertz CT molecular complexity index is 976. The number of hydrogen-bond acceptors (Lipinski definition) is 5. The Balaban J connectivity index is 1.78. The van der Waals surface area contributed by atoms with E-state index in [2.05, 4.69) is 20.8 Å². The van der Waals surface area contributed by atoms with Crippen LogP contribution in [0.5, 0.6) is 0 Å². The molecule has 0 atom stereocenters. The van der Waals surface area contributed by atoms with Crippen molar-refractivity contribution in [2.24, 2.45) is 0 Å². The molecule has 0 aliphatic rings. The lowest BCUT2D eigenvalue weighted by molar-refractivity contribution is -0.119. The summed E-state index contributed by atoms with van der Waals surface area (Å²) in [4.78, 5) is 23.0. The molecule has 9 heteroatoms. The average molecular weight is 430 g/mol. The number of benzene rings is 2. The van der Waals surface area contributed by atoms with E-state index >= 15 is 0 Å². The molecule has 0 unspecified atom stereocenters. The monoisotopic (exact) mass is 429 g/mol. The molecular weight excluding hydrogens is 410 g/mol. The molecule has 0 aliphatic carbocycles. The normalized spacial score (nSPS) is 10.6. The number of carbonyl (C=O) groups is 2. The molecule has 7 nitrogen and oxygen atoms in total. The van der Waals surface area contributed by atoms with Crippen molar-refractivity contribution in [2.75, 3.05) is 12.8 Å². The number of nitrogens with zero attached hydrogens (tertiary/aromatic N) is 3. The van der Waals surface area contributed by atoms with Crippen LogP contribution in [0.2, 0.25) is 5.02 Å². The van der Waals surface area contributed by atoms with Crippen LogP contribution in [0.15, 0.2) is 59.8 Å². The SMILES string of the molecule is CNC(=O)NC(=O)CCSc1nnc(Cc2ccccc2)n1-c1ccc(Cl)cc1. The molecule has 29 heavy (non-hydrogen) atoms. The van der Waals surface area contributed by atoms with Crippen molar-refractivity contribution in [3.05, 3.63) is 71.0 Å². The number of rotatable bonds is 7. The molecule has 3 aromatic rings. The van der Waals surface area contributed by atoms with Gasteiger partial charge >= 0.3 is 6.03 Å². The third kappa shape index (κ3) is 5.82. The van der Waals surface area contributed by atoms with E-state index in [4.69, 9.17) is 11.6 Å². The summed E-state index contributed by atoms with van der Waals surface area (Å²) in [5.74, 6) is 0.898. The summed E-state index contributed by atoms with van der Waals surface area (Å²) in [6.07, 6.45) is 0.799. The molecule has 3 rings (SSSR count).